The van der Waals surface area contributed by atoms with E-state index < -0.39 is 0 Å². The largest absolute Gasteiger partial charge is 0.311 e. The highest BCUT2D eigenvalue weighted by Gasteiger charge is 2.48. The van der Waals surface area contributed by atoms with E-state index in [0.717, 1.165) is 0 Å². The van der Waals surface area contributed by atoms with Crippen LogP contribution < -0.4 is 25.5 Å². The number of benzene rings is 6. The van der Waals surface area contributed by atoms with Crippen molar-refractivity contribution in [2.75, 3.05) is 9.80 Å². The van der Waals surface area contributed by atoms with Gasteiger partial charge in [0.2, 0.25) is 0 Å². The molecule has 0 spiro atoms. The minimum Gasteiger partial charge on any atom is -0.311 e. The third-order valence-electron chi connectivity index (χ3n) is 13.8. The van der Waals surface area contributed by atoms with Gasteiger partial charge in [-0.3, -0.25) is 0 Å². The van der Waals surface area contributed by atoms with Crippen LogP contribution in [0.5, 0.6) is 0 Å². The summed E-state index contributed by atoms with van der Waals surface area (Å²) in [6.07, 6.45) is 2.36. The second kappa shape index (κ2) is 13.0. The highest BCUT2D eigenvalue weighted by atomic mass is 32.1. The van der Waals surface area contributed by atoms with Gasteiger partial charge in [0.1, 0.15) is 0 Å². The summed E-state index contributed by atoms with van der Waals surface area (Å²) < 4.78 is 2.79. The van der Waals surface area contributed by atoms with E-state index in [4.69, 9.17) is 0 Å². The number of nitrogens with zero attached hydrogens (tertiary/aromatic N) is 2. The van der Waals surface area contributed by atoms with Gasteiger partial charge in [-0.15, -0.1) is 11.3 Å². The fraction of sp³-hybridized carbons (Fsp3) is 0.309. The van der Waals surface area contributed by atoms with E-state index in [0.29, 0.717) is 0 Å². The molecule has 0 saturated carbocycles. The van der Waals surface area contributed by atoms with Gasteiger partial charge in [0.05, 0.1) is 5.69 Å². The molecule has 0 N–H and O–H groups in total. The third kappa shape index (κ3) is 6.03. The van der Waals surface area contributed by atoms with Crippen molar-refractivity contribution in [1.82, 2.24) is 0 Å². The average molecular weight is 789 g/mol. The molecule has 0 radical (unpaired) electrons. The van der Waals surface area contributed by atoms with Gasteiger partial charge in [-0.2, -0.15) is 0 Å². The summed E-state index contributed by atoms with van der Waals surface area (Å²) in [4.78, 5) is 5.25. The number of fused-ring (bicyclic) bond motifs is 7. The molecular formula is C55H57BN2S. The van der Waals surface area contributed by atoms with Crippen LogP contribution in [0.15, 0.2) is 121 Å². The van der Waals surface area contributed by atoms with Crippen molar-refractivity contribution in [2.45, 2.75) is 111 Å². The standard InChI is InChI=1S/C55H57BN2S/c1-34-28-46-49-47(29-34)58(39-23-20-37(21-24-39)52(2,3)4)50-41-31-38(53(5,6)7)22-25-48(41)59-51(50)56(49)44-32-42-43(55(10,11)27-26-54(42,8)9)33-45(44)57(46)40-19-15-18-36(30-40)35-16-13-12-14-17-35/h12-25,28-33H,26-27H2,1-11H3. The monoisotopic (exact) mass is 788 g/mol. The van der Waals surface area contributed by atoms with Crippen LogP contribution in [-0.2, 0) is 21.7 Å². The molecule has 4 heteroatoms. The number of aryl methyl sites for hydroxylation is 1. The molecule has 0 atom stereocenters. The molecule has 0 unspecified atom stereocenters. The molecule has 296 valence electrons. The lowest BCUT2D eigenvalue weighted by Crippen LogP contribution is -2.61. The Kier molecular flexibility index (Phi) is 8.39. The first-order chi connectivity index (χ1) is 27.9. The van der Waals surface area contributed by atoms with E-state index in [9.17, 15) is 0 Å². The van der Waals surface area contributed by atoms with Gasteiger partial charge in [0, 0.05) is 43.3 Å². The molecule has 6 aromatic carbocycles. The molecule has 3 aliphatic rings. The summed E-state index contributed by atoms with van der Waals surface area (Å²) in [5.74, 6) is 0. The van der Waals surface area contributed by atoms with E-state index in [1.807, 2.05) is 11.3 Å². The number of hydrogen-bond donors (Lipinski definition) is 0. The molecule has 7 aromatic rings. The molecule has 59 heavy (non-hydrogen) atoms. The summed E-state index contributed by atoms with van der Waals surface area (Å²) in [5, 5.41) is 1.35. The fourth-order valence-electron chi connectivity index (χ4n) is 10.3. The Bertz CT molecular complexity index is 2810. The second-order valence-corrected chi connectivity index (χ2v) is 22.1. The predicted octanol–water partition coefficient (Wildman–Crippen LogP) is 13.9. The normalized spacial score (nSPS) is 16.4. The SMILES string of the molecule is Cc1cc2c3c(c1)N(c1ccc(C(C)(C)C)cc1)c1c(sc4ccc(C(C)(C)C)cc14)B3c1cc3c(cc1N2c1cccc(-c2ccccc2)c1)C(C)(C)CCC3(C)C. The summed E-state index contributed by atoms with van der Waals surface area (Å²) >= 11 is 2.01. The summed E-state index contributed by atoms with van der Waals surface area (Å²) in [6, 6.07) is 47.0. The maximum Gasteiger partial charge on any atom is 0.264 e. The Morgan fingerprint density at radius 1 is 0.559 bits per heavy atom. The van der Waals surface area contributed by atoms with Crippen LogP contribution in [0.2, 0.25) is 0 Å². The lowest BCUT2D eigenvalue weighted by molar-refractivity contribution is 0.332. The molecule has 0 amide bonds. The second-order valence-electron chi connectivity index (χ2n) is 21.0. The number of rotatable bonds is 3. The lowest BCUT2D eigenvalue weighted by atomic mass is 9.35. The third-order valence-corrected chi connectivity index (χ3v) is 15.1. The lowest BCUT2D eigenvalue weighted by Gasteiger charge is -2.47. The molecule has 0 saturated heterocycles. The van der Waals surface area contributed by atoms with Crippen molar-refractivity contribution in [2.24, 2.45) is 0 Å². The number of thiophene rings is 1. The topological polar surface area (TPSA) is 6.48 Å². The van der Waals surface area contributed by atoms with Gasteiger partial charge in [-0.1, -0.05) is 136 Å². The van der Waals surface area contributed by atoms with Gasteiger partial charge in [0.25, 0.3) is 6.71 Å². The van der Waals surface area contributed by atoms with Crippen LogP contribution in [-0.4, -0.2) is 6.71 Å². The van der Waals surface area contributed by atoms with E-state index in [2.05, 4.69) is 207 Å². The van der Waals surface area contributed by atoms with E-state index in [1.54, 1.807) is 0 Å². The minimum absolute atomic E-state index is 0.0300. The Morgan fingerprint density at radius 3 is 1.83 bits per heavy atom. The van der Waals surface area contributed by atoms with E-state index in [-0.39, 0.29) is 28.4 Å². The van der Waals surface area contributed by atoms with Crippen LogP contribution in [0.3, 0.4) is 0 Å². The van der Waals surface area contributed by atoms with Crippen LogP contribution >= 0.6 is 11.3 Å². The first kappa shape index (κ1) is 38.2. The van der Waals surface area contributed by atoms with Crippen molar-refractivity contribution < 1.29 is 0 Å². The molecule has 1 aliphatic carbocycles. The van der Waals surface area contributed by atoms with Crippen molar-refractivity contribution in [1.29, 1.82) is 0 Å². The van der Waals surface area contributed by atoms with Crippen molar-refractivity contribution in [3.8, 4) is 11.1 Å². The summed E-state index contributed by atoms with van der Waals surface area (Å²) in [5.41, 5.74) is 20.2. The zero-order valence-corrected chi connectivity index (χ0v) is 37.7. The zero-order valence-electron chi connectivity index (χ0n) is 36.8. The first-order valence-electron chi connectivity index (χ1n) is 21.7. The Hall–Kier alpha value is -5.06. The first-order valence-corrected chi connectivity index (χ1v) is 22.5. The van der Waals surface area contributed by atoms with E-state index >= 15 is 0 Å². The van der Waals surface area contributed by atoms with Gasteiger partial charge in [-0.05, 0) is 146 Å². The number of anilines is 6. The molecule has 0 fully saturated rings. The highest BCUT2D eigenvalue weighted by Crippen LogP contribution is 2.52. The Balaban J connectivity index is 1.32. The van der Waals surface area contributed by atoms with Crippen LogP contribution in [0.4, 0.5) is 34.1 Å². The van der Waals surface area contributed by atoms with Gasteiger partial charge >= 0.3 is 0 Å². The molecule has 0 bridgehead atoms. The van der Waals surface area contributed by atoms with E-state index in [1.165, 1.54) is 112 Å². The summed E-state index contributed by atoms with van der Waals surface area (Å²) in [7, 11) is 0. The fourth-order valence-corrected chi connectivity index (χ4v) is 11.6. The number of hydrogen-bond acceptors (Lipinski definition) is 3. The maximum atomic E-state index is 2.67. The quantitative estimate of drug-likeness (QED) is 0.165. The van der Waals surface area contributed by atoms with Gasteiger partial charge in [-0.25, -0.2) is 0 Å². The smallest absolute Gasteiger partial charge is 0.264 e. The van der Waals surface area contributed by atoms with Crippen LogP contribution in [0, 0.1) is 6.92 Å². The van der Waals surface area contributed by atoms with Crippen molar-refractivity contribution in [3.05, 3.63) is 149 Å². The molecule has 2 aliphatic heterocycles. The predicted molar refractivity (Wildman–Crippen MR) is 259 cm³/mol. The van der Waals surface area contributed by atoms with Crippen LogP contribution in [0.25, 0.3) is 21.2 Å². The van der Waals surface area contributed by atoms with Crippen molar-refractivity contribution in [3.63, 3.8) is 0 Å². The minimum atomic E-state index is 0.0300. The van der Waals surface area contributed by atoms with Crippen molar-refractivity contribution >= 4 is 78.0 Å². The molecule has 3 heterocycles. The molecular weight excluding hydrogens is 731 g/mol. The van der Waals surface area contributed by atoms with Crippen LogP contribution in [0.1, 0.15) is 110 Å². The zero-order chi connectivity index (χ0) is 41.4. The summed E-state index contributed by atoms with van der Waals surface area (Å²) in [6.45, 7) is 26.2. The van der Waals surface area contributed by atoms with Gasteiger partial charge < -0.3 is 9.80 Å². The molecule has 10 rings (SSSR count). The average Bonchev–Trinajstić information content (AvgIpc) is 3.57. The molecule has 2 nitrogen and oxygen atoms in total. The Labute approximate surface area is 357 Å². The Morgan fingerprint density at radius 2 is 1.17 bits per heavy atom. The van der Waals surface area contributed by atoms with Gasteiger partial charge in [0.15, 0.2) is 0 Å². The maximum absolute atomic E-state index is 2.67. The highest BCUT2D eigenvalue weighted by molar-refractivity contribution is 7.33. The molecule has 1 aromatic heterocycles.